The van der Waals surface area contributed by atoms with Crippen LogP contribution in [0.15, 0.2) is 46.1 Å². The number of benzene rings is 1. The molecule has 22 heavy (non-hydrogen) atoms. The minimum Gasteiger partial charge on any atom is -0.296 e. The van der Waals surface area contributed by atoms with Crippen molar-refractivity contribution in [1.82, 2.24) is 10.2 Å². The highest BCUT2D eigenvalue weighted by Crippen LogP contribution is 2.29. The van der Waals surface area contributed by atoms with E-state index in [0.717, 1.165) is 10.1 Å². The van der Waals surface area contributed by atoms with E-state index in [1.807, 2.05) is 11.4 Å². The number of hydrogen-bond acceptors (Lipinski definition) is 6. The molecule has 0 aliphatic heterocycles. The van der Waals surface area contributed by atoms with Gasteiger partial charge in [0.2, 0.25) is 5.13 Å². The number of carbonyl (C=O) groups is 1. The molecule has 4 nitrogen and oxygen atoms in total. The lowest BCUT2D eigenvalue weighted by Gasteiger charge is -2.00. The van der Waals surface area contributed by atoms with Crippen LogP contribution in [0.1, 0.15) is 15.2 Å². The summed E-state index contributed by atoms with van der Waals surface area (Å²) in [5.41, 5.74) is 0.379. The van der Waals surface area contributed by atoms with E-state index in [9.17, 15) is 9.18 Å². The molecule has 2 heterocycles. The number of nitrogens with one attached hydrogen (secondary N) is 1. The Balaban J connectivity index is 1.59. The van der Waals surface area contributed by atoms with Crippen LogP contribution < -0.4 is 5.32 Å². The molecular formula is C14H10FN3OS3. The van der Waals surface area contributed by atoms with Gasteiger partial charge in [0.15, 0.2) is 4.34 Å². The van der Waals surface area contributed by atoms with Crippen LogP contribution in [0, 0.1) is 5.82 Å². The van der Waals surface area contributed by atoms with Crippen LogP contribution in [-0.2, 0) is 5.75 Å². The Labute approximate surface area is 138 Å². The van der Waals surface area contributed by atoms with Gasteiger partial charge in [-0.1, -0.05) is 29.2 Å². The van der Waals surface area contributed by atoms with E-state index in [4.69, 9.17) is 0 Å². The quantitative estimate of drug-likeness (QED) is 0.550. The van der Waals surface area contributed by atoms with Crippen molar-refractivity contribution in [2.45, 2.75) is 10.1 Å². The third-order valence-electron chi connectivity index (χ3n) is 2.65. The molecule has 0 fully saturated rings. The monoisotopic (exact) mass is 351 g/mol. The van der Waals surface area contributed by atoms with Crippen LogP contribution in [0.2, 0.25) is 0 Å². The van der Waals surface area contributed by atoms with Crippen LogP contribution in [-0.4, -0.2) is 16.1 Å². The molecule has 3 aromatic rings. The van der Waals surface area contributed by atoms with Gasteiger partial charge in [-0.05, 0) is 35.7 Å². The summed E-state index contributed by atoms with van der Waals surface area (Å²) >= 11 is 4.59. The lowest BCUT2D eigenvalue weighted by Crippen LogP contribution is -2.11. The first-order valence-corrected chi connectivity index (χ1v) is 8.94. The molecule has 1 aromatic carbocycles. The summed E-state index contributed by atoms with van der Waals surface area (Å²) in [5, 5.41) is 13.1. The van der Waals surface area contributed by atoms with Gasteiger partial charge >= 0.3 is 0 Å². The largest absolute Gasteiger partial charge is 0.296 e. The van der Waals surface area contributed by atoms with Gasteiger partial charge in [0.05, 0.1) is 0 Å². The number of thiophene rings is 1. The molecule has 0 spiro atoms. The number of amides is 1. The third-order valence-corrected chi connectivity index (χ3v) is 5.73. The highest BCUT2D eigenvalue weighted by atomic mass is 32.2. The second kappa shape index (κ2) is 6.99. The molecule has 0 atom stereocenters. The normalized spacial score (nSPS) is 10.6. The summed E-state index contributed by atoms with van der Waals surface area (Å²) in [7, 11) is 0. The summed E-state index contributed by atoms with van der Waals surface area (Å²) in [6.45, 7) is 0. The second-order valence-electron chi connectivity index (χ2n) is 4.20. The summed E-state index contributed by atoms with van der Waals surface area (Å²) < 4.78 is 13.6. The van der Waals surface area contributed by atoms with Crippen molar-refractivity contribution < 1.29 is 9.18 Å². The number of thioether (sulfide) groups is 1. The molecular weight excluding hydrogens is 341 g/mol. The van der Waals surface area contributed by atoms with E-state index >= 15 is 0 Å². The first-order chi connectivity index (χ1) is 10.7. The number of aromatic nitrogens is 2. The van der Waals surface area contributed by atoms with E-state index in [0.29, 0.717) is 10.7 Å². The van der Waals surface area contributed by atoms with Crippen molar-refractivity contribution in [1.29, 1.82) is 0 Å². The van der Waals surface area contributed by atoms with E-state index in [-0.39, 0.29) is 11.7 Å². The molecule has 0 radical (unpaired) electrons. The Morgan fingerprint density at radius 1 is 1.23 bits per heavy atom. The Hall–Kier alpha value is -1.77. The highest BCUT2D eigenvalue weighted by molar-refractivity contribution is 8.00. The maximum atomic E-state index is 12.8. The molecule has 0 aliphatic rings. The highest BCUT2D eigenvalue weighted by Gasteiger charge is 2.11. The molecule has 1 N–H and O–H groups in total. The van der Waals surface area contributed by atoms with Crippen LogP contribution in [0.3, 0.4) is 0 Å². The fraction of sp³-hybridized carbons (Fsp3) is 0.0714. The zero-order chi connectivity index (χ0) is 15.4. The smallest absolute Gasteiger partial charge is 0.257 e. The SMILES string of the molecule is O=C(Nc1nnc(SCc2cccs2)s1)c1ccc(F)cc1. The molecule has 0 saturated carbocycles. The average Bonchev–Trinajstić information content (AvgIpc) is 3.17. The maximum absolute atomic E-state index is 12.8. The average molecular weight is 351 g/mol. The molecule has 3 rings (SSSR count). The van der Waals surface area contributed by atoms with Crippen molar-refractivity contribution in [3.63, 3.8) is 0 Å². The van der Waals surface area contributed by atoms with Crippen LogP contribution in [0.4, 0.5) is 9.52 Å². The van der Waals surface area contributed by atoms with Gasteiger partial charge in [-0.15, -0.1) is 21.5 Å². The summed E-state index contributed by atoms with van der Waals surface area (Å²) in [4.78, 5) is 13.2. The number of rotatable bonds is 5. The van der Waals surface area contributed by atoms with Crippen molar-refractivity contribution >= 4 is 45.5 Å². The lowest BCUT2D eigenvalue weighted by molar-refractivity contribution is 0.102. The Kier molecular flexibility index (Phi) is 4.81. The molecule has 0 aliphatic carbocycles. The van der Waals surface area contributed by atoms with Crippen molar-refractivity contribution in [2.75, 3.05) is 5.32 Å². The van der Waals surface area contributed by atoms with Crippen molar-refractivity contribution in [3.05, 3.63) is 58.0 Å². The zero-order valence-electron chi connectivity index (χ0n) is 11.2. The van der Waals surface area contributed by atoms with E-state index < -0.39 is 0 Å². The van der Waals surface area contributed by atoms with Crippen LogP contribution >= 0.6 is 34.4 Å². The van der Waals surface area contributed by atoms with Gasteiger partial charge in [0.1, 0.15) is 5.82 Å². The van der Waals surface area contributed by atoms with Crippen LogP contribution in [0.25, 0.3) is 0 Å². The molecule has 0 bridgehead atoms. The van der Waals surface area contributed by atoms with Crippen molar-refractivity contribution in [3.8, 4) is 0 Å². The lowest BCUT2D eigenvalue weighted by atomic mass is 10.2. The molecule has 0 unspecified atom stereocenters. The Morgan fingerprint density at radius 3 is 2.77 bits per heavy atom. The molecule has 2 aromatic heterocycles. The van der Waals surface area contributed by atoms with Gasteiger partial charge in [-0.2, -0.15) is 0 Å². The minimum atomic E-state index is -0.375. The van der Waals surface area contributed by atoms with Gasteiger partial charge in [-0.3, -0.25) is 10.1 Å². The number of halogens is 1. The van der Waals surface area contributed by atoms with Crippen LogP contribution in [0.5, 0.6) is 0 Å². The summed E-state index contributed by atoms with van der Waals surface area (Å²) in [6, 6.07) is 9.43. The van der Waals surface area contributed by atoms with Gasteiger partial charge in [-0.25, -0.2) is 4.39 Å². The number of nitrogens with zero attached hydrogens (tertiary/aromatic N) is 2. The standard InChI is InChI=1S/C14H10FN3OS3/c15-10-5-3-9(4-6-10)12(19)16-13-17-18-14(22-13)21-8-11-2-1-7-20-11/h1-7H,8H2,(H,16,17,19). The van der Waals surface area contributed by atoms with Crippen molar-refractivity contribution in [2.24, 2.45) is 0 Å². The summed E-state index contributed by atoms with van der Waals surface area (Å²) in [6.07, 6.45) is 0. The van der Waals surface area contributed by atoms with Gasteiger partial charge < -0.3 is 0 Å². The first kappa shape index (κ1) is 15.1. The number of carbonyl (C=O) groups excluding carboxylic acids is 1. The van der Waals surface area contributed by atoms with Gasteiger partial charge in [0.25, 0.3) is 5.91 Å². The maximum Gasteiger partial charge on any atom is 0.257 e. The Morgan fingerprint density at radius 2 is 2.05 bits per heavy atom. The van der Waals surface area contributed by atoms with Gasteiger partial charge in [0, 0.05) is 16.2 Å². The zero-order valence-corrected chi connectivity index (χ0v) is 13.6. The first-order valence-electron chi connectivity index (χ1n) is 6.26. The molecule has 1 amide bonds. The predicted octanol–water partition coefficient (Wildman–Crippen LogP) is 4.28. The summed E-state index contributed by atoms with van der Waals surface area (Å²) in [5.74, 6) is 0.128. The van der Waals surface area contributed by atoms with E-state index in [1.54, 1.807) is 23.1 Å². The Bertz CT molecular complexity index is 756. The number of anilines is 1. The van der Waals surface area contributed by atoms with E-state index in [2.05, 4.69) is 21.6 Å². The fourth-order valence-electron chi connectivity index (χ4n) is 1.62. The van der Waals surface area contributed by atoms with E-state index in [1.165, 1.54) is 40.5 Å². The minimum absolute atomic E-state index is 0.328. The molecule has 112 valence electrons. The second-order valence-corrected chi connectivity index (χ2v) is 7.43. The predicted molar refractivity (Wildman–Crippen MR) is 88.1 cm³/mol. The topological polar surface area (TPSA) is 54.9 Å². The fourth-order valence-corrected chi connectivity index (χ4v) is 4.14. The molecule has 0 saturated heterocycles. The number of hydrogen-bond donors (Lipinski definition) is 1. The third kappa shape index (κ3) is 3.90. The molecule has 8 heteroatoms.